The van der Waals surface area contributed by atoms with E-state index < -0.39 is 23.8 Å². The molecule has 0 aromatic heterocycles. The molecule has 0 aliphatic rings. The monoisotopic (exact) mass is 238 g/mol. The van der Waals surface area contributed by atoms with Gasteiger partial charge >= 0.3 is 6.18 Å². The van der Waals surface area contributed by atoms with Crippen molar-refractivity contribution in [1.82, 2.24) is 0 Å². The van der Waals surface area contributed by atoms with Crippen molar-refractivity contribution < 1.29 is 13.2 Å². The van der Waals surface area contributed by atoms with Crippen LogP contribution in [0.25, 0.3) is 0 Å². The normalized spacial score (nSPS) is 12.6. The maximum Gasteiger partial charge on any atom is 0.436 e. The summed E-state index contributed by atoms with van der Waals surface area (Å²) in [4.78, 5) is 0. The minimum atomic E-state index is -4.78. The molecule has 0 radical (unpaired) electrons. The van der Waals surface area contributed by atoms with Crippen LogP contribution >= 0.6 is 0 Å². The van der Waals surface area contributed by atoms with Gasteiger partial charge < -0.3 is 22.9 Å². The van der Waals surface area contributed by atoms with Crippen LogP contribution in [0.3, 0.4) is 0 Å². The second-order valence-electron chi connectivity index (χ2n) is 2.28. The van der Waals surface area contributed by atoms with E-state index in [0.29, 0.717) is 0 Å². The topological polar surface area (TPSA) is 154 Å². The SMILES string of the molecule is NC(N)=NN=C(/C=N/N=C(N)N)C(F)(F)F. The molecule has 0 heterocycles. The highest BCUT2D eigenvalue weighted by Gasteiger charge is 2.35. The zero-order chi connectivity index (χ0) is 12.8. The summed E-state index contributed by atoms with van der Waals surface area (Å²) in [6.45, 7) is 0. The Balaban J connectivity index is 4.99. The highest BCUT2D eigenvalue weighted by molar-refractivity contribution is 6.33. The first kappa shape index (κ1) is 13.7. The summed E-state index contributed by atoms with van der Waals surface area (Å²) >= 11 is 0. The predicted octanol–water partition coefficient (Wildman–Crippen LogP) is -1.56. The third-order valence-electron chi connectivity index (χ3n) is 0.917. The molecular weight excluding hydrogens is 229 g/mol. The van der Waals surface area contributed by atoms with Crippen molar-refractivity contribution in [2.75, 3.05) is 0 Å². The van der Waals surface area contributed by atoms with Crippen molar-refractivity contribution in [1.29, 1.82) is 0 Å². The Kier molecular flexibility index (Phi) is 4.72. The molecule has 0 saturated carbocycles. The molecule has 0 fully saturated rings. The van der Waals surface area contributed by atoms with Crippen LogP contribution in [0.4, 0.5) is 13.2 Å². The Labute approximate surface area is 87.6 Å². The van der Waals surface area contributed by atoms with Gasteiger partial charge in [-0.15, -0.1) is 15.3 Å². The number of alkyl halides is 3. The lowest BCUT2D eigenvalue weighted by atomic mass is 10.4. The fraction of sp³-hybridized carbons (Fsp3) is 0.200. The number of hydrogen-bond donors (Lipinski definition) is 4. The van der Waals surface area contributed by atoms with Crippen LogP contribution in [0.2, 0.25) is 0 Å². The number of halogens is 3. The number of rotatable bonds is 3. The molecule has 0 amide bonds. The van der Waals surface area contributed by atoms with E-state index in [1.54, 1.807) is 0 Å². The van der Waals surface area contributed by atoms with Crippen LogP contribution in [-0.2, 0) is 0 Å². The van der Waals surface area contributed by atoms with Crippen molar-refractivity contribution in [3.05, 3.63) is 0 Å². The molecule has 0 bridgehead atoms. The molecule has 0 aromatic rings. The molecular formula is C5H9F3N8. The number of nitrogens with zero attached hydrogens (tertiary/aromatic N) is 4. The van der Waals surface area contributed by atoms with Crippen LogP contribution in [0.15, 0.2) is 20.4 Å². The van der Waals surface area contributed by atoms with Crippen LogP contribution < -0.4 is 22.9 Å². The summed E-state index contributed by atoms with van der Waals surface area (Å²) in [6, 6.07) is 0. The van der Waals surface area contributed by atoms with E-state index in [9.17, 15) is 13.2 Å². The molecule has 0 aliphatic carbocycles. The third-order valence-corrected chi connectivity index (χ3v) is 0.917. The van der Waals surface area contributed by atoms with E-state index in [2.05, 4.69) is 20.4 Å². The Hall–Kier alpha value is -2.33. The van der Waals surface area contributed by atoms with Gasteiger partial charge in [-0.1, -0.05) is 0 Å². The largest absolute Gasteiger partial charge is 0.436 e. The molecule has 0 aromatic carbocycles. The quantitative estimate of drug-likeness (QED) is 0.266. The van der Waals surface area contributed by atoms with E-state index in [1.807, 2.05) is 0 Å². The molecule has 0 unspecified atom stereocenters. The first-order valence-corrected chi connectivity index (χ1v) is 3.59. The number of nitrogens with two attached hydrogens (primary N) is 4. The highest BCUT2D eigenvalue weighted by atomic mass is 19.4. The van der Waals surface area contributed by atoms with Gasteiger partial charge in [0.1, 0.15) is 0 Å². The molecule has 0 saturated heterocycles. The minimum Gasteiger partial charge on any atom is -0.369 e. The van der Waals surface area contributed by atoms with E-state index in [-0.39, 0.29) is 6.21 Å². The molecule has 11 heteroatoms. The van der Waals surface area contributed by atoms with Gasteiger partial charge in [0.2, 0.25) is 11.9 Å². The van der Waals surface area contributed by atoms with Gasteiger partial charge in [-0.25, -0.2) is 0 Å². The van der Waals surface area contributed by atoms with E-state index in [4.69, 9.17) is 22.9 Å². The fourth-order valence-corrected chi connectivity index (χ4v) is 0.418. The van der Waals surface area contributed by atoms with Gasteiger partial charge in [0.15, 0.2) is 5.71 Å². The second-order valence-corrected chi connectivity index (χ2v) is 2.28. The first-order valence-electron chi connectivity index (χ1n) is 3.59. The van der Waals surface area contributed by atoms with Crippen molar-refractivity contribution in [2.24, 2.45) is 43.3 Å². The summed E-state index contributed by atoms with van der Waals surface area (Å²) in [7, 11) is 0. The van der Waals surface area contributed by atoms with Gasteiger partial charge in [-0.3, -0.25) is 0 Å². The van der Waals surface area contributed by atoms with Crippen molar-refractivity contribution in [2.45, 2.75) is 6.18 Å². The van der Waals surface area contributed by atoms with E-state index in [0.717, 1.165) is 0 Å². The molecule has 90 valence electrons. The lowest BCUT2D eigenvalue weighted by Gasteiger charge is -2.02. The lowest BCUT2D eigenvalue weighted by Crippen LogP contribution is -2.26. The van der Waals surface area contributed by atoms with Crippen LogP contribution in [0.1, 0.15) is 0 Å². The van der Waals surface area contributed by atoms with Crippen LogP contribution in [-0.4, -0.2) is 30.0 Å². The van der Waals surface area contributed by atoms with E-state index >= 15 is 0 Å². The maximum absolute atomic E-state index is 12.2. The Morgan fingerprint density at radius 3 is 1.75 bits per heavy atom. The van der Waals surface area contributed by atoms with Crippen LogP contribution in [0.5, 0.6) is 0 Å². The summed E-state index contributed by atoms with van der Waals surface area (Å²) in [6.07, 6.45) is -4.51. The summed E-state index contributed by atoms with van der Waals surface area (Å²) < 4.78 is 36.6. The van der Waals surface area contributed by atoms with Gasteiger partial charge in [-0.2, -0.15) is 18.3 Å². The highest BCUT2D eigenvalue weighted by Crippen LogP contribution is 2.16. The van der Waals surface area contributed by atoms with Crippen molar-refractivity contribution in [3.8, 4) is 0 Å². The molecule has 0 spiro atoms. The molecule has 16 heavy (non-hydrogen) atoms. The Morgan fingerprint density at radius 1 is 0.875 bits per heavy atom. The summed E-state index contributed by atoms with van der Waals surface area (Å²) in [5, 5.41) is 11.4. The minimum absolute atomic E-state index is 0.270. The Morgan fingerprint density at radius 2 is 1.38 bits per heavy atom. The molecule has 0 atom stereocenters. The van der Waals surface area contributed by atoms with Crippen molar-refractivity contribution >= 4 is 23.8 Å². The Bertz CT molecular complexity index is 343. The molecule has 8 N–H and O–H groups in total. The van der Waals surface area contributed by atoms with Gasteiger partial charge in [0.25, 0.3) is 0 Å². The van der Waals surface area contributed by atoms with Gasteiger partial charge in [0.05, 0.1) is 6.21 Å². The average molecular weight is 238 g/mol. The predicted molar refractivity (Wildman–Crippen MR) is 53.6 cm³/mol. The zero-order valence-electron chi connectivity index (χ0n) is 7.81. The van der Waals surface area contributed by atoms with Crippen LogP contribution in [0, 0.1) is 0 Å². The lowest BCUT2D eigenvalue weighted by molar-refractivity contribution is -0.0566. The standard InChI is InChI=1S/C5H9F3N8/c6-5(7,8)2(14-16-4(11)12)1-13-15-3(9)10/h1H,(H4,9,10,15)(H4,11,12,16)/b13-1+,14-2?. The smallest absolute Gasteiger partial charge is 0.369 e. The van der Waals surface area contributed by atoms with E-state index in [1.165, 1.54) is 0 Å². The fourth-order valence-electron chi connectivity index (χ4n) is 0.418. The van der Waals surface area contributed by atoms with Gasteiger partial charge in [0, 0.05) is 0 Å². The van der Waals surface area contributed by atoms with Crippen molar-refractivity contribution in [3.63, 3.8) is 0 Å². The third kappa shape index (κ3) is 6.17. The first-order chi connectivity index (χ1) is 7.23. The molecule has 0 rings (SSSR count). The molecule has 0 aliphatic heterocycles. The zero-order valence-corrected chi connectivity index (χ0v) is 7.81. The molecule has 8 nitrogen and oxygen atoms in total. The summed E-state index contributed by atoms with van der Waals surface area (Å²) in [5.74, 6) is -1.13. The number of guanidine groups is 2. The maximum atomic E-state index is 12.2. The van der Waals surface area contributed by atoms with Gasteiger partial charge in [-0.05, 0) is 0 Å². The number of hydrogen-bond acceptors (Lipinski definition) is 4. The second kappa shape index (κ2) is 5.53. The average Bonchev–Trinajstić information content (AvgIpc) is 2.07. The summed E-state index contributed by atoms with van der Waals surface area (Å²) in [5.41, 5.74) is 17.8.